The molecule has 0 aromatic rings. The Balaban J connectivity index is 0.00000242. The first-order chi connectivity index (χ1) is 10.3. The molecule has 4 nitrogen and oxygen atoms in total. The Kier molecular flexibility index (Phi) is 10.1. The first-order valence-electron chi connectivity index (χ1n) is 8.89. The summed E-state index contributed by atoms with van der Waals surface area (Å²) in [5.41, 5.74) is 0. The van der Waals surface area contributed by atoms with Gasteiger partial charge in [0.2, 0.25) is 5.91 Å². The van der Waals surface area contributed by atoms with E-state index in [2.05, 4.69) is 17.1 Å². The molecule has 1 atom stereocenters. The van der Waals surface area contributed by atoms with E-state index in [0.717, 1.165) is 77.2 Å². The number of hydrogen-bond acceptors (Lipinski definition) is 3. The van der Waals surface area contributed by atoms with Gasteiger partial charge in [0.15, 0.2) is 0 Å². The highest BCUT2D eigenvalue weighted by atomic mass is 35.5. The van der Waals surface area contributed by atoms with Crippen LogP contribution in [0, 0.1) is 5.92 Å². The van der Waals surface area contributed by atoms with Gasteiger partial charge in [-0.3, -0.25) is 4.79 Å². The van der Waals surface area contributed by atoms with E-state index in [1.54, 1.807) is 0 Å². The Bertz CT molecular complexity index is 309. The van der Waals surface area contributed by atoms with Crippen LogP contribution in [0.25, 0.3) is 0 Å². The molecule has 1 N–H and O–H groups in total. The number of carbonyl (C=O) groups excluding carboxylic acids is 1. The second-order valence-electron chi connectivity index (χ2n) is 6.54. The minimum absolute atomic E-state index is 0. The summed E-state index contributed by atoms with van der Waals surface area (Å²) in [5, 5.41) is 3.39. The number of carbonyl (C=O) groups is 1. The van der Waals surface area contributed by atoms with Gasteiger partial charge in [-0.05, 0) is 64.0 Å². The molecule has 130 valence electrons. The summed E-state index contributed by atoms with van der Waals surface area (Å²) in [6, 6.07) is 0. The summed E-state index contributed by atoms with van der Waals surface area (Å²) in [6.07, 6.45) is 8.95. The lowest BCUT2D eigenvalue weighted by atomic mass is 9.93. The van der Waals surface area contributed by atoms with Crippen molar-refractivity contribution in [3.8, 4) is 0 Å². The second-order valence-corrected chi connectivity index (χ2v) is 6.54. The van der Waals surface area contributed by atoms with Crippen molar-refractivity contribution in [2.45, 2.75) is 64.4 Å². The van der Waals surface area contributed by atoms with E-state index < -0.39 is 0 Å². The molecule has 5 heteroatoms. The fourth-order valence-corrected chi connectivity index (χ4v) is 3.42. The van der Waals surface area contributed by atoms with Gasteiger partial charge in [-0.15, -0.1) is 12.4 Å². The van der Waals surface area contributed by atoms with Gasteiger partial charge in [0, 0.05) is 26.1 Å². The monoisotopic (exact) mass is 332 g/mol. The van der Waals surface area contributed by atoms with Crippen molar-refractivity contribution in [2.75, 3.05) is 32.8 Å². The maximum absolute atomic E-state index is 12.4. The van der Waals surface area contributed by atoms with E-state index in [-0.39, 0.29) is 12.4 Å². The minimum Gasteiger partial charge on any atom is -0.378 e. The Labute approximate surface area is 141 Å². The first-order valence-corrected chi connectivity index (χ1v) is 8.89. The van der Waals surface area contributed by atoms with Crippen molar-refractivity contribution in [1.29, 1.82) is 0 Å². The Morgan fingerprint density at radius 2 is 1.95 bits per heavy atom. The quantitative estimate of drug-likeness (QED) is 0.813. The molecule has 2 heterocycles. The van der Waals surface area contributed by atoms with Gasteiger partial charge < -0.3 is 15.0 Å². The van der Waals surface area contributed by atoms with Gasteiger partial charge >= 0.3 is 0 Å². The molecule has 22 heavy (non-hydrogen) atoms. The molecule has 1 unspecified atom stereocenters. The van der Waals surface area contributed by atoms with Crippen molar-refractivity contribution in [2.24, 2.45) is 5.92 Å². The smallest absolute Gasteiger partial charge is 0.222 e. The van der Waals surface area contributed by atoms with Gasteiger partial charge in [0.1, 0.15) is 0 Å². The molecule has 1 amide bonds. The summed E-state index contributed by atoms with van der Waals surface area (Å²) in [6.45, 7) is 7.07. The van der Waals surface area contributed by atoms with Gasteiger partial charge in [0.05, 0.1) is 6.10 Å². The average Bonchev–Trinajstić information content (AvgIpc) is 2.77. The van der Waals surface area contributed by atoms with Crippen LogP contribution < -0.4 is 5.32 Å². The summed E-state index contributed by atoms with van der Waals surface area (Å²) >= 11 is 0. The molecule has 2 fully saturated rings. The predicted octanol–water partition coefficient (Wildman–Crippen LogP) is 3.00. The van der Waals surface area contributed by atoms with E-state index in [1.165, 1.54) is 12.8 Å². The zero-order valence-corrected chi connectivity index (χ0v) is 14.8. The highest BCUT2D eigenvalue weighted by Gasteiger charge is 2.22. The number of halogens is 1. The predicted molar refractivity (Wildman–Crippen MR) is 92.5 cm³/mol. The molecule has 2 aliphatic heterocycles. The van der Waals surface area contributed by atoms with E-state index in [9.17, 15) is 4.79 Å². The number of nitrogens with one attached hydrogen (secondary N) is 1. The van der Waals surface area contributed by atoms with Crippen LogP contribution in [-0.2, 0) is 9.53 Å². The fraction of sp³-hybridized carbons (Fsp3) is 0.941. The molecule has 0 aromatic heterocycles. The topological polar surface area (TPSA) is 41.6 Å². The van der Waals surface area contributed by atoms with Crippen LogP contribution in [0.3, 0.4) is 0 Å². The highest BCUT2D eigenvalue weighted by Crippen LogP contribution is 2.20. The SMILES string of the molecule is CCCOC1CCCN(C(=O)CCC2CCNCC2)CC1.Cl. The molecular weight excluding hydrogens is 300 g/mol. The van der Waals surface area contributed by atoms with E-state index >= 15 is 0 Å². The zero-order valence-electron chi connectivity index (χ0n) is 14.0. The summed E-state index contributed by atoms with van der Waals surface area (Å²) in [4.78, 5) is 14.5. The lowest BCUT2D eigenvalue weighted by molar-refractivity contribution is -0.131. The Morgan fingerprint density at radius 3 is 2.68 bits per heavy atom. The number of nitrogens with zero attached hydrogens (tertiary/aromatic N) is 1. The molecule has 0 aromatic carbocycles. The van der Waals surface area contributed by atoms with Crippen molar-refractivity contribution in [3.63, 3.8) is 0 Å². The molecule has 0 bridgehead atoms. The van der Waals surface area contributed by atoms with E-state index in [1.807, 2.05) is 0 Å². The lowest BCUT2D eigenvalue weighted by Crippen LogP contribution is -2.33. The molecule has 0 saturated carbocycles. The van der Waals surface area contributed by atoms with Crippen molar-refractivity contribution >= 4 is 18.3 Å². The molecule has 0 aliphatic carbocycles. The number of hydrogen-bond donors (Lipinski definition) is 1. The van der Waals surface area contributed by atoms with Crippen molar-refractivity contribution in [3.05, 3.63) is 0 Å². The number of ether oxygens (including phenoxy) is 1. The third-order valence-corrected chi connectivity index (χ3v) is 4.81. The molecule has 2 rings (SSSR count). The number of amides is 1. The van der Waals surface area contributed by atoms with Crippen LogP contribution in [0.1, 0.15) is 58.3 Å². The number of rotatable bonds is 6. The Hall–Kier alpha value is -0.320. The third kappa shape index (κ3) is 6.84. The number of likely N-dealkylation sites (tertiary alicyclic amines) is 1. The molecule has 2 aliphatic rings. The van der Waals surface area contributed by atoms with Crippen LogP contribution in [0.2, 0.25) is 0 Å². The average molecular weight is 333 g/mol. The van der Waals surface area contributed by atoms with Gasteiger partial charge in [-0.1, -0.05) is 6.92 Å². The van der Waals surface area contributed by atoms with Crippen molar-refractivity contribution < 1.29 is 9.53 Å². The summed E-state index contributed by atoms with van der Waals surface area (Å²) in [5.74, 6) is 1.12. The second kappa shape index (κ2) is 11.3. The van der Waals surface area contributed by atoms with Crippen LogP contribution in [-0.4, -0.2) is 49.7 Å². The summed E-state index contributed by atoms with van der Waals surface area (Å²) < 4.78 is 5.85. The van der Waals surface area contributed by atoms with Crippen LogP contribution in [0.4, 0.5) is 0 Å². The molecule has 0 spiro atoms. The zero-order chi connectivity index (χ0) is 14.9. The highest BCUT2D eigenvalue weighted by molar-refractivity contribution is 5.85. The van der Waals surface area contributed by atoms with Crippen LogP contribution in [0.15, 0.2) is 0 Å². The van der Waals surface area contributed by atoms with Gasteiger partial charge in [0.25, 0.3) is 0 Å². The minimum atomic E-state index is 0. The van der Waals surface area contributed by atoms with Crippen LogP contribution >= 0.6 is 12.4 Å². The lowest BCUT2D eigenvalue weighted by Gasteiger charge is -2.25. The standard InChI is InChI=1S/C17H32N2O2.ClH/c1-2-14-21-16-4-3-12-19(13-9-16)17(20)6-5-15-7-10-18-11-8-15;/h15-16,18H,2-14H2,1H3;1H. The maximum Gasteiger partial charge on any atom is 0.222 e. The van der Waals surface area contributed by atoms with E-state index in [4.69, 9.17) is 4.74 Å². The van der Waals surface area contributed by atoms with Crippen molar-refractivity contribution in [1.82, 2.24) is 10.2 Å². The largest absolute Gasteiger partial charge is 0.378 e. The van der Waals surface area contributed by atoms with Gasteiger partial charge in [-0.2, -0.15) is 0 Å². The first kappa shape index (κ1) is 19.7. The molecular formula is C17H33ClN2O2. The molecule has 2 saturated heterocycles. The molecule has 0 radical (unpaired) electrons. The normalized spacial score (nSPS) is 23.7. The maximum atomic E-state index is 12.4. The summed E-state index contributed by atoms with van der Waals surface area (Å²) in [7, 11) is 0. The fourth-order valence-electron chi connectivity index (χ4n) is 3.42. The van der Waals surface area contributed by atoms with Gasteiger partial charge in [-0.25, -0.2) is 0 Å². The van der Waals surface area contributed by atoms with Crippen LogP contribution in [0.5, 0.6) is 0 Å². The number of piperidine rings is 1. The Morgan fingerprint density at radius 1 is 1.18 bits per heavy atom. The third-order valence-electron chi connectivity index (χ3n) is 4.81. The van der Waals surface area contributed by atoms with E-state index in [0.29, 0.717) is 12.0 Å².